The maximum Gasteiger partial charge on any atom is 0.328 e. The number of thioether (sulfide) groups is 1. The van der Waals surface area contributed by atoms with Crippen LogP contribution in [0.5, 0.6) is 11.5 Å². The van der Waals surface area contributed by atoms with Crippen molar-refractivity contribution in [3.8, 4) is 11.5 Å². The summed E-state index contributed by atoms with van der Waals surface area (Å²) in [7, 11) is -8.74. The highest BCUT2D eigenvalue weighted by molar-refractivity contribution is 7.98. The minimum atomic E-state index is -4.38. The molecule has 6 aromatic rings. The third-order valence-electron chi connectivity index (χ3n) is 20.3. The van der Waals surface area contributed by atoms with Crippen molar-refractivity contribution in [1.29, 1.82) is 0 Å². The number of hydrogen-bond acceptors (Lipinski definition) is 20. The van der Waals surface area contributed by atoms with E-state index < -0.39 is 157 Å². The number of aliphatic carboxylic acids is 1. The number of aliphatic imine (C=N–C) groups is 2. The Bertz CT molecular complexity index is 4810. The molecule has 5 aromatic carbocycles. The third kappa shape index (κ3) is 23.9. The molecule has 2 aliphatic heterocycles. The number of carboxylic acids is 1. The molecule has 14 N–H and O–H groups in total. The number of imidazole rings is 1. The van der Waals surface area contributed by atoms with E-state index in [0.29, 0.717) is 63.4 Å². The zero-order chi connectivity index (χ0) is 86.5. The molecule has 2 aliphatic rings. The van der Waals surface area contributed by atoms with Gasteiger partial charge in [0.2, 0.25) is 41.5 Å². The number of rotatable bonds is 37. The average Bonchev–Trinajstić information content (AvgIpc) is 1.17. The largest absolute Gasteiger partial charge is 0.487 e. The van der Waals surface area contributed by atoms with Gasteiger partial charge in [-0.15, -0.1) is 0 Å². The Morgan fingerprint density at radius 2 is 0.949 bits per heavy atom. The molecule has 0 saturated heterocycles. The molecule has 8 rings (SSSR count). The van der Waals surface area contributed by atoms with E-state index in [4.69, 9.17) is 41.1 Å². The first-order valence-electron chi connectivity index (χ1n) is 39.0. The van der Waals surface area contributed by atoms with Gasteiger partial charge >= 0.3 is 11.9 Å². The molecule has 1 aromatic heterocycles. The number of benzene rings is 5. The highest BCUT2D eigenvalue weighted by atomic mass is 32.2. The fraction of sp³-hybridized carbons (Fsp3) is 0.500. The van der Waals surface area contributed by atoms with Gasteiger partial charge in [-0.2, -0.15) is 11.8 Å². The summed E-state index contributed by atoms with van der Waals surface area (Å²) in [5.41, 5.74) is 23.2. The zero-order valence-corrected chi connectivity index (χ0v) is 72.4. The standard InChI is InChI=1S/C84H116N14O16S3/c1-49-51(3)70(53(5)59-44-82(13,14)113-68(49)59)116(107,108)96-78(86)88-40-27-35-62(91-72(100)61(85)43-58-46-98(48-90-58)84(55-29-21-18-22-30-55,56-31-23-19-24-32-56)57-33-25-20-26-34-57)73(101)93-64(37-38-67(99)112-81(10,11)12)75(103)92-63(74(102)94-65(39-42-115-17)76(104)95-66(77(105)106)47-111-80(7,8)9)36-28-41-89-79(87)97-117(109,110)71-52(4)50(2)69-60(54(71)6)45-83(15,16)114-69/h18-26,29-34,46,48,61-66H,27-28,35-45,47,85H2,1-17H3,(H,91,100)(H,92,103)(H,93,101)(H,94,102)(H,95,104)(H,105,106)(H3,86,88,96)(H3,87,89,97)/t61-,62-,63-,64-,65-,66-/m0/s1. The van der Waals surface area contributed by atoms with Crippen molar-refractivity contribution in [2.45, 2.75) is 249 Å². The topological polar surface area (TPSA) is 450 Å². The molecule has 33 heteroatoms. The number of carbonyl (C=O) groups is 7. The predicted octanol–water partition coefficient (Wildman–Crippen LogP) is 7.22. The van der Waals surface area contributed by atoms with Crippen LogP contribution >= 0.6 is 11.8 Å². The summed E-state index contributed by atoms with van der Waals surface area (Å²) in [6.07, 6.45) is 4.19. The second-order valence-electron chi connectivity index (χ2n) is 33.0. The molecule has 0 bridgehead atoms. The van der Waals surface area contributed by atoms with E-state index >= 15 is 14.4 Å². The van der Waals surface area contributed by atoms with Crippen molar-refractivity contribution in [1.82, 2.24) is 45.6 Å². The minimum absolute atomic E-state index is 0.00112. The third-order valence-corrected chi connectivity index (χ3v) is 24.2. The monoisotopic (exact) mass is 1670 g/mol. The number of guanidine groups is 2. The smallest absolute Gasteiger partial charge is 0.328 e. The summed E-state index contributed by atoms with van der Waals surface area (Å²) < 4.78 is 87.5. The lowest BCUT2D eigenvalue weighted by atomic mass is 9.77. The predicted molar refractivity (Wildman–Crippen MR) is 450 cm³/mol. The molecule has 3 heterocycles. The van der Waals surface area contributed by atoms with E-state index in [2.05, 4.69) is 46.0 Å². The van der Waals surface area contributed by atoms with E-state index in [1.165, 1.54) is 11.8 Å². The van der Waals surface area contributed by atoms with Crippen LogP contribution in [0.3, 0.4) is 0 Å². The molecule has 6 atom stereocenters. The van der Waals surface area contributed by atoms with Gasteiger partial charge < -0.3 is 72.4 Å². The summed E-state index contributed by atoms with van der Waals surface area (Å²) in [5, 5.41) is 23.5. The van der Waals surface area contributed by atoms with Crippen molar-refractivity contribution >= 4 is 85.2 Å². The summed E-state index contributed by atoms with van der Waals surface area (Å²) in [6.45, 7) is 27.0. The van der Waals surface area contributed by atoms with Crippen molar-refractivity contribution < 1.29 is 74.5 Å². The average molecular weight is 1670 g/mol. The Morgan fingerprint density at radius 1 is 0.564 bits per heavy atom. The Labute approximate surface area is 691 Å². The van der Waals surface area contributed by atoms with Crippen LogP contribution < -0.4 is 62.7 Å². The number of nitrogens with one attached hydrogen (secondary N) is 7. The van der Waals surface area contributed by atoms with Gasteiger partial charge in [0.25, 0.3) is 20.0 Å². The lowest BCUT2D eigenvalue weighted by Gasteiger charge is -2.37. The number of ether oxygens (including phenoxy) is 4. The Morgan fingerprint density at radius 3 is 1.33 bits per heavy atom. The van der Waals surface area contributed by atoms with Crippen LogP contribution in [0, 0.1) is 41.5 Å². The van der Waals surface area contributed by atoms with Gasteiger partial charge in [0.1, 0.15) is 58.0 Å². The molecule has 0 radical (unpaired) electrons. The molecule has 0 fully saturated rings. The quantitative estimate of drug-likeness (QED) is 0.00603. The Hall–Kier alpha value is -10.1. The first-order valence-corrected chi connectivity index (χ1v) is 43.4. The number of carbonyl (C=O) groups excluding carboxylic acids is 6. The molecule has 0 unspecified atom stereocenters. The Balaban J connectivity index is 1.11. The van der Waals surface area contributed by atoms with Crippen LogP contribution in [0.4, 0.5) is 0 Å². The molecule has 117 heavy (non-hydrogen) atoms. The fourth-order valence-corrected chi connectivity index (χ4v) is 18.0. The van der Waals surface area contributed by atoms with Crippen LogP contribution in [0.25, 0.3) is 0 Å². The summed E-state index contributed by atoms with van der Waals surface area (Å²) in [5.74, 6) is -6.44. The molecule has 0 aliphatic carbocycles. The van der Waals surface area contributed by atoms with Crippen molar-refractivity contribution in [2.75, 3.05) is 31.7 Å². The van der Waals surface area contributed by atoms with Gasteiger partial charge in [0, 0.05) is 56.1 Å². The van der Waals surface area contributed by atoms with Gasteiger partial charge in [0.05, 0.1) is 40.1 Å². The van der Waals surface area contributed by atoms with Gasteiger partial charge in [0.15, 0.2) is 6.04 Å². The van der Waals surface area contributed by atoms with E-state index in [9.17, 15) is 41.1 Å². The number of sulfonamides is 2. The molecule has 636 valence electrons. The van der Waals surface area contributed by atoms with Crippen LogP contribution in [-0.4, -0.2) is 175 Å². The molecule has 5 amide bonds. The second-order valence-corrected chi connectivity index (χ2v) is 37.2. The van der Waals surface area contributed by atoms with Gasteiger partial charge in [-0.25, -0.2) is 36.1 Å². The number of aromatic nitrogens is 2. The van der Waals surface area contributed by atoms with E-state index in [1.54, 1.807) is 102 Å². The summed E-state index contributed by atoms with van der Waals surface area (Å²) >= 11 is 1.32. The Kier molecular flexibility index (Phi) is 30.4. The van der Waals surface area contributed by atoms with Crippen LogP contribution in [0.2, 0.25) is 0 Å². The fourth-order valence-electron chi connectivity index (χ4n) is 14.5. The second kappa shape index (κ2) is 38.5. The maximum absolute atomic E-state index is 15.3. The normalized spacial score (nSPS) is 15.6. The van der Waals surface area contributed by atoms with Crippen LogP contribution in [-0.2, 0) is 87.9 Å². The SMILES string of the molecule is CSCC[C@H](NC(=O)[C@H](CCCN=C(N)NS(=O)(=O)c1c(C)c(C)c2c(c1C)CC(C)(C)O2)NC(=O)[C@H](CCC(=O)OC(C)(C)C)NC(=O)[C@H](CCCN=C(N)NS(=O)(=O)c1c(C)c(C)c2c(c1C)CC(C)(C)O2)NC(=O)[C@@H](N)Cc1cn(C(c2ccccc2)(c2ccccc2)c2ccccc2)cn1)C(=O)N[C@@H](COC(C)(C)C)C(=O)O. The van der Waals surface area contributed by atoms with Gasteiger partial charge in [-0.1, -0.05) is 91.0 Å². The zero-order valence-electron chi connectivity index (χ0n) is 70.0. The van der Waals surface area contributed by atoms with Crippen molar-refractivity contribution in [3.05, 3.63) is 170 Å². The highest BCUT2D eigenvalue weighted by Crippen LogP contribution is 2.46. The minimum Gasteiger partial charge on any atom is -0.487 e. The van der Waals surface area contributed by atoms with Crippen LogP contribution in [0.15, 0.2) is 123 Å². The van der Waals surface area contributed by atoms with E-state index in [-0.39, 0.29) is 67.2 Å². The van der Waals surface area contributed by atoms with E-state index in [0.717, 1.165) is 27.8 Å². The number of nitrogens with zero attached hydrogens (tertiary/aromatic N) is 4. The van der Waals surface area contributed by atoms with Crippen molar-refractivity contribution in [3.63, 3.8) is 0 Å². The molecular formula is C84H116N14O16S3. The van der Waals surface area contributed by atoms with Crippen molar-refractivity contribution in [2.24, 2.45) is 27.2 Å². The first-order chi connectivity index (χ1) is 54.7. The lowest BCUT2D eigenvalue weighted by molar-refractivity contribution is -0.155. The number of hydrogen-bond donors (Lipinski definition) is 11. The highest BCUT2D eigenvalue weighted by Gasteiger charge is 2.42. The maximum atomic E-state index is 15.3. The lowest BCUT2D eigenvalue weighted by Crippen LogP contribution is -2.59. The summed E-state index contributed by atoms with van der Waals surface area (Å²) in [4.78, 5) is 114. The number of nitrogens with two attached hydrogens (primary N) is 3. The van der Waals surface area contributed by atoms with Gasteiger partial charge in [-0.05, 0) is 211 Å². The number of amides is 5. The molecule has 30 nitrogen and oxygen atoms in total. The first kappa shape index (κ1) is 92.4. The summed E-state index contributed by atoms with van der Waals surface area (Å²) in [6, 6.07) is 20.2. The molecular weight excluding hydrogens is 1560 g/mol. The molecule has 0 spiro atoms. The van der Waals surface area contributed by atoms with Gasteiger partial charge in [-0.3, -0.25) is 38.8 Å². The number of carboxylic acid groups (broad SMARTS) is 1. The number of esters is 1. The molecule has 0 saturated carbocycles. The number of fused-ring (bicyclic) bond motifs is 2. The van der Waals surface area contributed by atoms with E-state index in [1.807, 2.05) is 123 Å². The van der Waals surface area contributed by atoms with Crippen LogP contribution in [0.1, 0.15) is 181 Å².